The standard InChI is InChI=1S/C10H14BrF2N3O/c1-6-2-4-9(14,5-3-6)7-15-8(17-16-7)10(11,12)13/h6H,2-5,14H2,1H3. The largest absolute Gasteiger partial charge is 0.378 e. The minimum absolute atomic E-state index is 0.179. The topological polar surface area (TPSA) is 64.9 Å². The van der Waals surface area contributed by atoms with E-state index in [1.54, 1.807) is 0 Å². The van der Waals surface area contributed by atoms with Crippen molar-refractivity contribution in [1.29, 1.82) is 0 Å². The van der Waals surface area contributed by atoms with E-state index in [-0.39, 0.29) is 5.82 Å². The number of alkyl halides is 3. The molecule has 1 aliphatic rings. The van der Waals surface area contributed by atoms with E-state index in [1.807, 2.05) is 0 Å². The van der Waals surface area contributed by atoms with Crippen molar-refractivity contribution < 1.29 is 13.3 Å². The van der Waals surface area contributed by atoms with Crippen LogP contribution >= 0.6 is 15.9 Å². The summed E-state index contributed by atoms with van der Waals surface area (Å²) in [4.78, 5) is 0.407. The molecule has 7 heteroatoms. The molecule has 0 unspecified atom stereocenters. The Morgan fingerprint density at radius 3 is 2.53 bits per heavy atom. The van der Waals surface area contributed by atoms with Crippen LogP contribution in [0.15, 0.2) is 4.52 Å². The number of hydrogen-bond donors (Lipinski definition) is 1. The highest BCUT2D eigenvalue weighted by Crippen LogP contribution is 2.38. The Bertz CT molecular complexity index is 397. The van der Waals surface area contributed by atoms with Gasteiger partial charge in [-0.05, 0) is 31.6 Å². The van der Waals surface area contributed by atoms with Crippen LogP contribution in [0.1, 0.15) is 44.3 Å². The fourth-order valence-corrected chi connectivity index (χ4v) is 2.20. The summed E-state index contributed by atoms with van der Waals surface area (Å²) in [6.07, 6.45) is 3.29. The van der Waals surface area contributed by atoms with Crippen molar-refractivity contribution in [1.82, 2.24) is 10.1 Å². The van der Waals surface area contributed by atoms with Gasteiger partial charge in [0.1, 0.15) is 0 Å². The van der Waals surface area contributed by atoms with E-state index in [9.17, 15) is 8.78 Å². The second-order valence-corrected chi connectivity index (χ2v) is 5.76. The van der Waals surface area contributed by atoms with Crippen LogP contribution in [0.4, 0.5) is 8.78 Å². The predicted molar refractivity (Wildman–Crippen MR) is 60.6 cm³/mol. The third kappa shape index (κ3) is 2.65. The van der Waals surface area contributed by atoms with E-state index in [0.29, 0.717) is 18.8 Å². The molecule has 1 fully saturated rings. The minimum atomic E-state index is -3.30. The van der Waals surface area contributed by atoms with Crippen molar-refractivity contribution in [2.24, 2.45) is 11.7 Å². The molecule has 0 atom stereocenters. The second kappa shape index (κ2) is 4.28. The van der Waals surface area contributed by atoms with Gasteiger partial charge in [0.2, 0.25) is 0 Å². The molecule has 1 aliphatic carbocycles. The quantitative estimate of drug-likeness (QED) is 0.853. The summed E-state index contributed by atoms with van der Waals surface area (Å²) in [6.45, 7) is 2.15. The lowest BCUT2D eigenvalue weighted by Gasteiger charge is -2.33. The van der Waals surface area contributed by atoms with E-state index in [1.165, 1.54) is 0 Å². The first kappa shape index (κ1) is 12.9. The number of nitrogens with zero attached hydrogens (tertiary/aromatic N) is 2. The van der Waals surface area contributed by atoms with Crippen LogP contribution < -0.4 is 5.73 Å². The monoisotopic (exact) mass is 309 g/mol. The van der Waals surface area contributed by atoms with Gasteiger partial charge < -0.3 is 10.3 Å². The van der Waals surface area contributed by atoms with Crippen LogP contribution in [-0.4, -0.2) is 10.1 Å². The maximum absolute atomic E-state index is 12.9. The Hall–Kier alpha value is -0.560. The summed E-state index contributed by atoms with van der Waals surface area (Å²) in [5, 5.41) is 3.58. The molecule has 0 amide bonds. The molecule has 1 aromatic rings. The van der Waals surface area contributed by atoms with E-state index in [0.717, 1.165) is 12.8 Å². The van der Waals surface area contributed by atoms with Crippen molar-refractivity contribution in [3.63, 3.8) is 0 Å². The number of halogens is 3. The Balaban J connectivity index is 2.20. The molecular weight excluding hydrogens is 296 g/mol. The normalized spacial score (nSPS) is 30.5. The summed E-state index contributed by atoms with van der Waals surface area (Å²) in [5.74, 6) is 0.0464. The zero-order chi connectivity index (χ0) is 12.7. The Morgan fingerprint density at radius 1 is 1.47 bits per heavy atom. The van der Waals surface area contributed by atoms with Crippen LogP contribution in [-0.2, 0) is 10.4 Å². The molecule has 0 saturated heterocycles. The first-order chi connectivity index (χ1) is 7.81. The zero-order valence-electron chi connectivity index (χ0n) is 9.42. The lowest BCUT2D eigenvalue weighted by molar-refractivity contribution is 0.0725. The summed E-state index contributed by atoms with van der Waals surface area (Å²) in [5.41, 5.74) is 5.42. The van der Waals surface area contributed by atoms with Gasteiger partial charge in [-0.2, -0.15) is 13.8 Å². The molecule has 17 heavy (non-hydrogen) atoms. The van der Waals surface area contributed by atoms with Crippen LogP contribution in [0.3, 0.4) is 0 Å². The third-order valence-electron chi connectivity index (χ3n) is 3.28. The van der Waals surface area contributed by atoms with Gasteiger partial charge >= 0.3 is 10.7 Å². The molecule has 0 bridgehead atoms. The third-order valence-corrected chi connectivity index (χ3v) is 3.62. The molecule has 1 heterocycles. The van der Waals surface area contributed by atoms with Gasteiger partial charge in [-0.15, -0.1) is 0 Å². The van der Waals surface area contributed by atoms with Gasteiger partial charge in [-0.25, -0.2) is 0 Å². The molecule has 1 saturated carbocycles. The number of rotatable bonds is 2. The fraction of sp³-hybridized carbons (Fsp3) is 0.800. The second-order valence-electron chi connectivity index (χ2n) is 4.76. The summed E-state index contributed by atoms with van der Waals surface area (Å²) < 4.78 is 30.3. The van der Waals surface area contributed by atoms with Gasteiger partial charge in [0.25, 0.3) is 0 Å². The zero-order valence-corrected chi connectivity index (χ0v) is 11.0. The number of nitrogens with two attached hydrogens (primary N) is 1. The van der Waals surface area contributed by atoms with Crippen molar-refractivity contribution >= 4 is 15.9 Å². The van der Waals surface area contributed by atoms with Crippen LogP contribution in [0.25, 0.3) is 0 Å². The molecular formula is C10H14BrF2N3O. The average Bonchev–Trinajstić information content (AvgIpc) is 2.72. The van der Waals surface area contributed by atoms with Crippen molar-refractivity contribution in [3.05, 3.63) is 11.7 Å². The van der Waals surface area contributed by atoms with Crippen LogP contribution in [0, 0.1) is 5.92 Å². The fourth-order valence-electron chi connectivity index (χ4n) is 2.04. The van der Waals surface area contributed by atoms with Crippen molar-refractivity contribution in [3.8, 4) is 0 Å². The molecule has 0 radical (unpaired) electrons. The lowest BCUT2D eigenvalue weighted by atomic mass is 9.77. The highest BCUT2D eigenvalue weighted by atomic mass is 79.9. The van der Waals surface area contributed by atoms with Gasteiger partial charge in [0, 0.05) is 15.9 Å². The van der Waals surface area contributed by atoms with Gasteiger partial charge in [-0.1, -0.05) is 12.1 Å². The summed E-state index contributed by atoms with van der Waals surface area (Å²) >= 11 is 2.18. The first-order valence-corrected chi connectivity index (χ1v) is 6.31. The Kier molecular flexibility index (Phi) is 3.24. The average molecular weight is 310 g/mol. The van der Waals surface area contributed by atoms with E-state index in [4.69, 9.17) is 5.73 Å². The van der Waals surface area contributed by atoms with Crippen LogP contribution in [0.2, 0.25) is 0 Å². The van der Waals surface area contributed by atoms with E-state index in [2.05, 4.69) is 37.5 Å². The highest BCUT2D eigenvalue weighted by molar-refractivity contribution is 9.09. The minimum Gasteiger partial charge on any atom is -0.331 e. The van der Waals surface area contributed by atoms with Gasteiger partial charge in [-0.3, -0.25) is 0 Å². The SMILES string of the molecule is CC1CCC(N)(c2noc(C(F)(F)Br)n2)CC1. The van der Waals surface area contributed by atoms with Gasteiger partial charge in [0.05, 0.1) is 5.54 Å². The maximum atomic E-state index is 12.9. The first-order valence-electron chi connectivity index (χ1n) is 5.51. The molecule has 96 valence electrons. The Morgan fingerprint density at radius 2 is 2.06 bits per heavy atom. The van der Waals surface area contributed by atoms with Gasteiger partial charge in [0.15, 0.2) is 5.82 Å². The molecule has 1 aromatic heterocycles. The molecule has 0 aliphatic heterocycles. The van der Waals surface area contributed by atoms with Crippen molar-refractivity contribution in [2.75, 3.05) is 0 Å². The Labute approximate surface area is 106 Å². The molecule has 2 N–H and O–H groups in total. The van der Waals surface area contributed by atoms with E-state index >= 15 is 0 Å². The molecule has 4 nitrogen and oxygen atoms in total. The number of hydrogen-bond acceptors (Lipinski definition) is 4. The molecule has 2 rings (SSSR count). The summed E-state index contributed by atoms with van der Waals surface area (Å²) in [7, 11) is 0. The number of aromatic nitrogens is 2. The maximum Gasteiger partial charge on any atom is 0.378 e. The molecule has 0 spiro atoms. The summed E-state index contributed by atoms with van der Waals surface area (Å²) in [6, 6.07) is 0. The molecule has 0 aromatic carbocycles. The predicted octanol–water partition coefficient (Wildman–Crippen LogP) is 2.88. The smallest absolute Gasteiger partial charge is 0.331 e. The van der Waals surface area contributed by atoms with Crippen LogP contribution in [0.5, 0.6) is 0 Å². The van der Waals surface area contributed by atoms with Crippen molar-refractivity contribution in [2.45, 2.75) is 43.0 Å². The van der Waals surface area contributed by atoms with E-state index < -0.39 is 16.3 Å². The lowest BCUT2D eigenvalue weighted by Crippen LogP contribution is -2.41. The highest BCUT2D eigenvalue weighted by Gasteiger charge is 2.40.